The number of ketones is 1. The lowest BCUT2D eigenvalue weighted by molar-refractivity contribution is 0.102. The normalized spacial score (nSPS) is 8.00. The molecule has 0 aliphatic heterocycles. The summed E-state index contributed by atoms with van der Waals surface area (Å²) in [6.07, 6.45) is 0. The summed E-state index contributed by atoms with van der Waals surface area (Å²) in [4.78, 5) is 11.6. The molecule has 12 heavy (non-hydrogen) atoms. The third-order valence-corrected chi connectivity index (χ3v) is 2.25. The predicted octanol–water partition coefficient (Wildman–Crippen LogP) is 1.83. The largest absolute Gasteiger partial charge is 0.294 e. The third-order valence-electron chi connectivity index (χ3n) is 1.24. The van der Waals surface area contributed by atoms with Gasteiger partial charge in [0.2, 0.25) is 0 Å². The van der Waals surface area contributed by atoms with Crippen LogP contribution in [0.25, 0.3) is 0 Å². The van der Waals surface area contributed by atoms with Crippen LogP contribution in [-0.2, 0) is 0 Å². The van der Waals surface area contributed by atoms with Gasteiger partial charge >= 0.3 is 0 Å². The van der Waals surface area contributed by atoms with Gasteiger partial charge in [0.05, 0.1) is 4.88 Å². The molecule has 2 nitrogen and oxygen atoms in total. The van der Waals surface area contributed by atoms with Crippen LogP contribution in [0, 0.1) is 23.2 Å². The maximum absolute atomic E-state index is 11.0. The first-order chi connectivity index (χ1) is 5.75. The van der Waals surface area contributed by atoms with Crippen molar-refractivity contribution in [3.05, 3.63) is 21.9 Å². The molecular formula is C9H5NOS. The predicted molar refractivity (Wildman–Crippen MR) is 46.8 cm³/mol. The minimum absolute atomic E-state index is 0.00719. The van der Waals surface area contributed by atoms with Crippen molar-refractivity contribution >= 4 is 17.1 Å². The zero-order chi connectivity index (χ0) is 8.97. The van der Waals surface area contributed by atoms with Gasteiger partial charge in [0.15, 0.2) is 11.9 Å². The average Bonchev–Trinajstić information content (AvgIpc) is 2.48. The first-order valence-corrected chi connectivity index (χ1v) is 4.12. The summed E-state index contributed by atoms with van der Waals surface area (Å²) in [5, 5.41) is 9.98. The van der Waals surface area contributed by atoms with Crippen LogP contribution >= 0.6 is 11.3 Å². The fraction of sp³-hybridized carbons (Fsp3) is 0.111. The van der Waals surface area contributed by atoms with E-state index in [2.05, 4.69) is 11.8 Å². The first-order valence-electron chi connectivity index (χ1n) is 3.24. The summed E-state index contributed by atoms with van der Waals surface area (Å²) in [6, 6.07) is 3.45. The summed E-state index contributed by atoms with van der Waals surface area (Å²) in [5.41, 5.74) is 0.647. The molecule has 0 saturated carbocycles. The molecular weight excluding hydrogens is 170 g/mol. The van der Waals surface area contributed by atoms with E-state index in [1.54, 1.807) is 17.5 Å². The number of Topliss-reactive ketones (excluding diaryl/α,β-unsaturated/α-hetero) is 1. The van der Waals surface area contributed by atoms with Gasteiger partial charge in [-0.2, -0.15) is 5.26 Å². The van der Waals surface area contributed by atoms with E-state index in [4.69, 9.17) is 5.26 Å². The van der Waals surface area contributed by atoms with Crippen LogP contribution in [0.3, 0.4) is 0 Å². The van der Waals surface area contributed by atoms with Crippen LogP contribution in [0.2, 0.25) is 0 Å². The molecule has 0 atom stereocenters. The molecule has 3 heteroatoms. The summed E-state index contributed by atoms with van der Waals surface area (Å²) >= 11 is 1.35. The number of nitrogens with zero attached hydrogens (tertiary/aromatic N) is 1. The Morgan fingerprint density at radius 3 is 3.00 bits per heavy atom. The molecule has 1 rings (SSSR count). The zero-order valence-electron chi connectivity index (χ0n) is 6.42. The van der Waals surface area contributed by atoms with Crippen LogP contribution in [0.4, 0.5) is 0 Å². The second-order valence-electron chi connectivity index (χ2n) is 2.08. The van der Waals surface area contributed by atoms with Crippen LogP contribution in [0.5, 0.6) is 0 Å². The van der Waals surface area contributed by atoms with E-state index < -0.39 is 0 Å². The Morgan fingerprint density at radius 1 is 1.67 bits per heavy atom. The van der Waals surface area contributed by atoms with Crippen LogP contribution in [-0.4, -0.2) is 5.78 Å². The molecule has 0 amide bonds. The number of hydrogen-bond donors (Lipinski definition) is 0. The Bertz CT molecular complexity index is 400. The maximum Gasteiger partial charge on any atom is 0.170 e. The van der Waals surface area contributed by atoms with E-state index in [-0.39, 0.29) is 5.78 Å². The Hall–Kier alpha value is -1.58. The lowest BCUT2D eigenvalue weighted by Crippen LogP contribution is -1.89. The fourth-order valence-corrected chi connectivity index (χ4v) is 1.53. The van der Waals surface area contributed by atoms with Gasteiger partial charge in [0, 0.05) is 11.5 Å². The van der Waals surface area contributed by atoms with Gasteiger partial charge in [0.1, 0.15) is 0 Å². The number of carbonyl (C=O) groups excluding carboxylic acids is 1. The van der Waals surface area contributed by atoms with Gasteiger partial charge in [-0.05, 0) is 24.3 Å². The Balaban J connectivity index is 3.10. The molecule has 0 unspecified atom stereocenters. The van der Waals surface area contributed by atoms with Crippen LogP contribution in [0.1, 0.15) is 22.2 Å². The number of carbonyl (C=O) groups is 1. The molecule has 0 aliphatic carbocycles. The van der Waals surface area contributed by atoms with E-state index >= 15 is 0 Å². The second kappa shape index (κ2) is 3.71. The maximum atomic E-state index is 11.0. The van der Waals surface area contributed by atoms with Gasteiger partial charge in [-0.1, -0.05) is 0 Å². The average molecular weight is 175 g/mol. The van der Waals surface area contributed by atoms with Crippen molar-refractivity contribution in [1.82, 2.24) is 0 Å². The van der Waals surface area contributed by atoms with Gasteiger partial charge in [-0.3, -0.25) is 4.79 Å². The molecule has 0 fully saturated rings. The summed E-state index contributed by atoms with van der Waals surface area (Å²) in [5.74, 6) is 4.85. The van der Waals surface area contributed by atoms with E-state index in [1.165, 1.54) is 18.3 Å². The molecule has 1 aromatic heterocycles. The lowest BCUT2D eigenvalue weighted by Gasteiger charge is -1.87. The Kier molecular flexibility index (Phi) is 2.63. The minimum Gasteiger partial charge on any atom is -0.294 e. The third kappa shape index (κ3) is 1.72. The van der Waals surface area contributed by atoms with Crippen molar-refractivity contribution in [2.24, 2.45) is 0 Å². The van der Waals surface area contributed by atoms with Crippen molar-refractivity contribution in [1.29, 1.82) is 5.26 Å². The van der Waals surface area contributed by atoms with Gasteiger partial charge in [-0.25, -0.2) is 0 Å². The molecule has 0 N–H and O–H groups in total. The zero-order valence-corrected chi connectivity index (χ0v) is 7.23. The molecule has 58 valence electrons. The number of nitriles is 1. The van der Waals surface area contributed by atoms with Gasteiger partial charge in [0.25, 0.3) is 0 Å². The SMILES string of the molecule is CC(=O)c1sccc1C#CC#N. The molecule has 0 spiro atoms. The number of thiophene rings is 1. The van der Waals surface area contributed by atoms with E-state index in [1.807, 2.05) is 0 Å². The molecule has 0 radical (unpaired) electrons. The molecule has 0 aliphatic rings. The molecule has 0 aromatic carbocycles. The molecule has 0 saturated heterocycles. The molecule has 0 bridgehead atoms. The second-order valence-corrected chi connectivity index (χ2v) is 3.00. The topological polar surface area (TPSA) is 40.9 Å². The number of hydrogen-bond acceptors (Lipinski definition) is 3. The number of rotatable bonds is 1. The highest BCUT2D eigenvalue weighted by Gasteiger charge is 2.05. The van der Waals surface area contributed by atoms with Gasteiger partial charge in [-0.15, -0.1) is 11.3 Å². The summed E-state index contributed by atoms with van der Waals surface area (Å²) in [7, 11) is 0. The van der Waals surface area contributed by atoms with E-state index in [9.17, 15) is 4.79 Å². The minimum atomic E-state index is -0.00719. The van der Waals surface area contributed by atoms with E-state index in [0.29, 0.717) is 10.4 Å². The highest BCUT2D eigenvalue weighted by Crippen LogP contribution is 2.15. The quantitative estimate of drug-likeness (QED) is 0.482. The van der Waals surface area contributed by atoms with Gasteiger partial charge < -0.3 is 0 Å². The smallest absolute Gasteiger partial charge is 0.170 e. The highest BCUT2D eigenvalue weighted by molar-refractivity contribution is 7.12. The molecule has 1 aromatic rings. The fourth-order valence-electron chi connectivity index (χ4n) is 0.776. The van der Waals surface area contributed by atoms with Crippen molar-refractivity contribution < 1.29 is 4.79 Å². The van der Waals surface area contributed by atoms with Crippen molar-refractivity contribution in [3.8, 4) is 17.9 Å². The monoisotopic (exact) mass is 175 g/mol. The summed E-state index contributed by atoms with van der Waals surface area (Å²) < 4.78 is 0. The molecule has 1 heterocycles. The Labute approximate surface area is 74.4 Å². The van der Waals surface area contributed by atoms with Crippen LogP contribution < -0.4 is 0 Å². The highest BCUT2D eigenvalue weighted by atomic mass is 32.1. The lowest BCUT2D eigenvalue weighted by atomic mass is 10.2. The van der Waals surface area contributed by atoms with Crippen molar-refractivity contribution in [2.45, 2.75) is 6.92 Å². The first kappa shape index (κ1) is 8.52. The van der Waals surface area contributed by atoms with Crippen LogP contribution in [0.15, 0.2) is 11.4 Å². The Morgan fingerprint density at radius 2 is 2.42 bits per heavy atom. The van der Waals surface area contributed by atoms with E-state index in [0.717, 1.165) is 0 Å². The summed E-state index contributed by atoms with van der Waals surface area (Å²) in [6.45, 7) is 1.49. The van der Waals surface area contributed by atoms with Crippen molar-refractivity contribution in [3.63, 3.8) is 0 Å². The standard InChI is InChI=1S/C9H5NOS/c1-7(11)9-8(3-2-5-10)4-6-12-9/h4,6H,1H3. The van der Waals surface area contributed by atoms with Crippen molar-refractivity contribution in [2.75, 3.05) is 0 Å².